The fourth-order valence-corrected chi connectivity index (χ4v) is 6.99. The number of rotatable bonds is 4. The van der Waals surface area contributed by atoms with E-state index in [4.69, 9.17) is 0 Å². The van der Waals surface area contributed by atoms with Crippen LogP contribution in [0.2, 0.25) is 0 Å². The number of fused-ring (bicyclic) bond motifs is 8. The monoisotopic (exact) mass is 688 g/mol. The molecule has 0 fully saturated rings. The summed E-state index contributed by atoms with van der Waals surface area (Å²) in [5.74, 6) is 0. The SMILES string of the molecule is Cl.Cl.c1ccc(C2=c3ccc([nH]3)=C(c3ccccc3)c3ccc([nH]3)C(c3ccccc3)=c3ccc([nH]3)=C(c3ccccc3)c3ccc2[nH]3)cc1. The molecule has 0 amide bonds. The maximum Gasteiger partial charge on any atom is 0.0485 e. The van der Waals surface area contributed by atoms with Gasteiger partial charge in [0.05, 0.1) is 0 Å². The Morgan fingerprint density at radius 2 is 0.440 bits per heavy atom. The average molecular weight is 690 g/mol. The zero-order chi connectivity index (χ0) is 31.9. The number of halogens is 2. The first-order valence-corrected chi connectivity index (χ1v) is 16.3. The Morgan fingerprint density at radius 1 is 0.220 bits per heavy atom. The fraction of sp³-hybridized carbons (Fsp3) is 0. The van der Waals surface area contributed by atoms with Crippen LogP contribution in [-0.2, 0) is 0 Å². The minimum Gasteiger partial charge on any atom is -0.354 e. The quantitative estimate of drug-likeness (QED) is 0.152. The zero-order valence-electron chi connectivity index (χ0n) is 27.0. The highest BCUT2D eigenvalue weighted by Gasteiger charge is 2.18. The molecule has 4 aromatic heterocycles. The lowest BCUT2D eigenvalue weighted by Gasteiger charge is -2.09. The molecule has 1 aliphatic rings. The summed E-state index contributed by atoms with van der Waals surface area (Å²) in [4.78, 5) is 15.4. The third-order valence-electron chi connectivity index (χ3n) is 9.15. The molecule has 0 unspecified atom stereocenters. The third-order valence-corrected chi connectivity index (χ3v) is 9.15. The first kappa shape index (κ1) is 32.6. The third kappa shape index (κ3) is 5.85. The van der Waals surface area contributed by atoms with Crippen molar-refractivity contribution in [3.05, 3.63) is 236 Å². The van der Waals surface area contributed by atoms with Crippen LogP contribution in [0.15, 0.2) is 170 Å². The lowest BCUT2D eigenvalue weighted by Crippen LogP contribution is -2.19. The largest absolute Gasteiger partial charge is 0.354 e. The molecule has 8 bridgehead atoms. The molecule has 0 saturated carbocycles. The summed E-state index contributed by atoms with van der Waals surface area (Å²) in [5, 5.41) is 4.16. The van der Waals surface area contributed by atoms with Gasteiger partial charge >= 0.3 is 0 Å². The summed E-state index contributed by atoms with van der Waals surface area (Å²) in [7, 11) is 0. The van der Waals surface area contributed by atoms with Gasteiger partial charge in [0.25, 0.3) is 0 Å². The lowest BCUT2D eigenvalue weighted by atomic mass is 10.0. The highest BCUT2D eigenvalue weighted by Crippen LogP contribution is 2.27. The molecule has 244 valence electrons. The second-order valence-electron chi connectivity index (χ2n) is 12.1. The van der Waals surface area contributed by atoms with Gasteiger partial charge in [0.2, 0.25) is 0 Å². The van der Waals surface area contributed by atoms with Crippen LogP contribution in [0.25, 0.3) is 22.3 Å². The van der Waals surface area contributed by atoms with Gasteiger partial charge < -0.3 is 19.9 Å². The standard InChI is InChI=1S/C44H32N4.2ClH/c1-5-13-29(14-6-1)41-33-21-23-35(45-33)42(30-15-7-2-8-16-30)37-25-27-39(47-37)44(32-19-11-4-12-20-32)40-28-26-38(48-40)43(31-17-9-3-10-18-31)36-24-22-34(41)46-36;;/h1-28,45-48H;2*1H. The zero-order valence-corrected chi connectivity index (χ0v) is 28.6. The van der Waals surface area contributed by atoms with Crippen molar-refractivity contribution in [3.8, 4) is 0 Å². The maximum absolute atomic E-state index is 3.84. The molecule has 1 aliphatic heterocycles. The molecule has 0 radical (unpaired) electrons. The lowest BCUT2D eigenvalue weighted by molar-refractivity contribution is 1.19. The number of aromatic amines is 4. The Hall–Kier alpha value is -5.94. The van der Waals surface area contributed by atoms with Crippen molar-refractivity contribution in [2.75, 3.05) is 0 Å². The number of hydrogen-bond acceptors (Lipinski definition) is 0. The van der Waals surface area contributed by atoms with Crippen molar-refractivity contribution in [1.82, 2.24) is 19.9 Å². The van der Waals surface area contributed by atoms with Crippen molar-refractivity contribution in [2.45, 2.75) is 0 Å². The van der Waals surface area contributed by atoms with Crippen molar-refractivity contribution < 1.29 is 0 Å². The van der Waals surface area contributed by atoms with Gasteiger partial charge in [-0.2, -0.15) is 0 Å². The van der Waals surface area contributed by atoms with Crippen LogP contribution in [0.3, 0.4) is 0 Å². The Bertz CT molecular complexity index is 2280. The van der Waals surface area contributed by atoms with E-state index in [-0.39, 0.29) is 24.8 Å². The highest BCUT2D eigenvalue weighted by molar-refractivity contribution is 5.86. The van der Waals surface area contributed by atoms with Gasteiger partial charge in [0.1, 0.15) is 0 Å². The maximum atomic E-state index is 3.84. The predicted molar refractivity (Wildman–Crippen MR) is 208 cm³/mol. The summed E-state index contributed by atoms with van der Waals surface area (Å²) in [6, 6.07) is 60.0. The Balaban J connectivity index is 0.00000196. The van der Waals surface area contributed by atoms with E-state index in [9.17, 15) is 0 Å². The smallest absolute Gasteiger partial charge is 0.0485 e. The average Bonchev–Trinajstić information content (AvgIpc) is 3.98. The second-order valence-corrected chi connectivity index (χ2v) is 12.1. The van der Waals surface area contributed by atoms with Gasteiger partial charge in [0, 0.05) is 66.5 Å². The Kier molecular flexibility index (Phi) is 9.05. The molecule has 0 aliphatic carbocycles. The van der Waals surface area contributed by atoms with E-state index in [0.29, 0.717) is 0 Å². The van der Waals surface area contributed by atoms with Gasteiger partial charge in [0.15, 0.2) is 0 Å². The second kappa shape index (κ2) is 13.9. The van der Waals surface area contributed by atoms with Crippen molar-refractivity contribution >= 4 is 47.1 Å². The number of hydrogen-bond donors (Lipinski definition) is 4. The molecule has 50 heavy (non-hydrogen) atoms. The molecule has 0 saturated heterocycles. The Labute approximate surface area is 302 Å². The normalized spacial score (nSPS) is 12.3. The van der Waals surface area contributed by atoms with Crippen molar-refractivity contribution in [1.29, 1.82) is 0 Å². The summed E-state index contributed by atoms with van der Waals surface area (Å²) < 4.78 is 0. The fourth-order valence-electron chi connectivity index (χ4n) is 6.99. The van der Waals surface area contributed by atoms with E-state index < -0.39 is 0 Å². The van der Waals surface area contributed by atoms with E-state index in [0.717, 1.165) is 88.7 Å². The van der Waals surface area contributed by atoms with Crippen LogP contribution in [0.1, 0.15) is 45.0 Å². The molecule has 0 spiro atoms. The molecular formula is C44H34Cl2N4. The van der Waals surface area contributed by atoms with E-state index in [1.807, 2.05) is 0 Å². The first-order valence-electron chi connectivity index (χ1n) is 16.3. The number of nitrogens with one attached hydrogen (secondary N) is 4. The van der Waals surface area contributed by atoms with Crippen LogP contribution in [0.4, 0.5) is 0 Å². The molecule has 4 N–H and O–H groups in total. The topological polar surface area (TPSA) is 63.2 Å². The van der Waals surface area contributed by atoms with Crippen molar-refractivity contribution in [2.24, 2.45) is 0 Å². The van der Waals surface area contributed by atoms with Crippen molar-refractivity contribution in [3.63, 3.8) is 0 Å². The predicted octanol–water partition coefficient (Wildman–Crippen LogP) is 7.15. The molecule has 4 nitrogen and oxygen atoms in total. The van der Waals surface area contributed by atoms with Crippen LogP contribution >= 0.6 is 24.8 Å². The first-order chi connectivity index (χ1) is 23.8. The summed E-state index contributed by atoms with van der Waals surface area (Å²) in [6.07, 6.45) is 0. The molecule has 5 heterocycles. The Morgan fingerprint density at radius 3 is 0.660 bits per heavy atom. The van der Waals surface area contributed by atoms with E-state index in [2.05, 4.69) is 190 Å². The molecule has 9 rings (SSSR count). The minimum atomic E-state index is 0. The van der Waals surface area contributed by atoms with Crippen LogP contribution in [-0.4, -0.2) is 19.9 Å². The van der Waals surface area contributed by atoms with E-state index in [1.165, 1.54) is 0 Å². The number of H-pyrrole nitrogens is 4. The minimum absolute atomic E-state index is 0. The van der Waals surface area contributed by atoms with Crippen LogP contribution in [0, 0.1) is 0 Å². The van der Waals surface area contributed by atoms with Gasteiger partial charge in [-0.05, 0) is 70.8 Å². The summed E-state index contributed by atoms with van der Waals surface area (Å²) in [6.45, 7) is 0. The number of aromatic nitrogens is 4. The van der Waals surface area contributed by atoms with Gasteiger partial charge in [-0.1, -0.05) is 121 Å². The van der Waals surface area contributed by atoms with Crippen LogP contribution < -0.4 is 21.4 Å². The van der Waals surface area contributed by atoms with Gasteiger partial charge in [-0.25, -0.2) is 0 Å². The number of benzene rings is 4. The van der Waals surface area contributed by atoms with E-state index in [1.54, 1.807) is 0 Å². The van der Waals surface area contributed by atoms with E-state index >= 15 is 0 Å². The molecule has 4 aromatic carbocycles. The molecule has 8 aromatic rings. The molecule has 0 atom stereocenters. The molecular weight excluding hydrogens is 655 g/mol. The molecule has 6 heteroatoms. The van der Waals surface area contributed by atoms with Crippen LogP contribution in [0.5, 0.6) is 0 Å². The summed E-state index contributed by atoms with van der Waals surface area (Å²) in [5.41, 5.74) is 13.1. The highest BCUT2D eigenvalue weighted by atomic mass is 35.5. The van der Waals surface area contributed by atoms with Gasteiger partial charge in [-0.15, -0.1) is 24.8 Å². The summed E-state index contributed by atoms with van der Waals surface area (Å²) >= 11 is 0. The van der Waals surface area contributed by atoms with Gasteiger partial charge in [-0.3, -0.25) is 0 Å².